The first-order valence-corrected chi connectivity index (χ1v) is 8.56. The maximum absolute atomic E-state index is 13.6. The molecular weight excluding hydrogens is 374 g/mol. The molecule has 0 bridgehead atoms. The molecule has 27 heavy (non-hydrogen) atoms. The zero-order chi connectivity index (χ0) is 18.1. The molecule has 142 valence electrons. The van der Waals surface area contributed by atoms with Crippen LogP contribution >= 0.6 is 12.4 Å². The van der Waals surface area contributed by atoms with Crippen molar-refractivity contribution in [3.8, 4) is 0 Å². The van der Waals surface area contributed by atoms with Crippen LogP contribution < -0.4 is 10.6 Å². The van der Waals surface area contributed by atoms with E-state index in [0.29, 0.717) is 23.3 Å². The van der Waals surface area contributed by atoms with E-state index in [1.807, 2.05) is 18.2 Å². The summed E-state index contributed by atoms with van der Waals surface area (Å²) in [7, 11) is 0. The number of nitrogens with one attached hydrogen (secondary N) is 2. The number of piperidine rings is 1. The molecule has 0 radical (unpaired) electrons. The molecule has 1 amide bonds. The van der Waals surface area contributed by atoms with Crippen LogP contribution in [-0.4, -0.2) is 25.0 Å². The largest absolute Gasteiger partial charge is 0.463 e. The first-order chi connectivity index (χ1) is 12.6. The van der Waals surface area contributed by atoms with Gasteiger partial charge >= 0.3 is 0 Å². The molecule has 1 fully saturated rings. The standard InChI is InChI=1S/C20H18F2N2O2.ClH/c21-16-6-5-12(9-17(16)22)13-7-8-23-10-18(13)24-20(25)15-11-26-19-4-2-1-3-14(15)19;/h1-6,9,11,13,18,23H,7-8,10H2,(H,24,25);1H. The van der Waals surface area contributed by atoms with Crippen LogP contribution in [-0.2, 0) is 0 Å². The molecule has 1 aliphatic rings. The summed E-state index contributed by atoms with van der Waals surface area (Å²) in [6.45, 7) is 1.32. The lowest BCUT2D eigenvalue weighted by atomic mass is 9.85. The molecule has 1 aliphatic heterocycles. The van der Waals surface area contributed by atoms with Gasteiger partial charge in [-0.05, 0) is 36.7 Å². The maximum atomic E-state index is 13.6. The molecule has 2 heterocycles. The van der Waals surface area contributed by atoms with Gasteiger partial charge in [0, 0.05) is 23.9 Å². The minimum absolute atomic E-state index is 0. The van der Waals surface area contributed by atoms with E-state index in [2.05, 4.69) is 10.6 Å². The van der Waals surface area contributed by atoms with Crippen LogP contribution in [0.1, 0.15) is 28.3 Å². The van der Waals surface area contributed by atoms with Crippen molar-refractivity contribution in [2.45, 2.75) is 18.4 Å². The van der Waals surface area contributed by atoms with Crippen molar-refractivity contribution in [3.63, 3.8) is 0 Å². The van der Waals surface area contributed by atoms with E-state index < -0.39 is 11.6 Å². The van der Waals surface area contributed by atoms with Crippen LogP contribution in [0.5, 0.6) is 0 Å². The topological polar surface area (TPSA) is 54.3 Å². The monoisotopic (exact) mass is 392 g/mol. The Bertz CT molecular complexity index is 960. The Labute approximate surface area is 161 Å². The summed E-state index contributed by atoms with van der Waals surface area (Å²) in [5, 5.41) is 7.01. The smallest absolute Gasteiger partial charge is 0.255 e. The van der Waals surface area contributed by atoms with Gasteiger partial charge in [0.1, 0.15) is 11.8 Å². The molecular formula is C20H19ClF2N2O2. The van der Waals surface area contributed by atoms with Crippen LogP contribution in [0.3, 0.4) is 0 Å². The summed E-state index contributed by atoms with van der Waals surface area (Å²) in [4.78, 5) is 12.8. The van der Waals surface area contributed by atoms with E-state index in [1.165, 1.54) is 12.3 Å². The molecule has 2 atom stereocenters. The van der Waals surface area contributed by atoms with Gasteiger partial charge in [0.25, 0.3) is 5.91 Å². The predicted octanol–water partition coefficient (Wildman–Crippen LogP) is 4.01. The average Bonchev–Trinajstić information content (AvgIpc) is 3.09. The summed E-state index contributed by atoms with van der Waals surface area (Å²) in [6, 6.07) is 11.0. The molecule has 2 N–H and O–H groups in total. The van der Waals surface area contributed by atoms with Crippen molar-refractivity contribution in [3.05, 3.63) is 71.5 Å². The van der Waals surface area contributed by atoms with Crippen molar-refractivity contribution in [2.75, 3.05) is 13.1 Å². The van der Waals surface area contributed by atoms with E-state index in [1.54, 1.807) is 12.1 Å². The number of hydrogen-bond donors (Lipinski definition) is 2. The van der Waals surface area contributed by atoms with E-state index in [9.17, 15) is 13.6 Å². The number of carbonyl (C=O) groups excluding carboxylic acids is 1. The second-order valence-corrected chi connectivity index (χ2v) is 6.50. The third-order valence-corrected chi connectivity index (χ3v) is 4.90. The van der Waals surface area contributed by atoms with Crippen molar-refractivity contribution < 1.29 is 18.0 Å². The van der Waals surface area contributed by atoms with Crippen molar-refractivity contribution in [2.24, 2.45) is 0 Å². The zero-order valence-corrected chi connectivity index (χ0v) is 15.2. The summed E-state index contributed by atoms with van der Waals surface area (Å²) in [6.07, 6.45) is 2.17. The van der Waals surface area contributed by atoms with E-state index >= 15 is 0 Å². The van der Waals surface area contributed by atoms with Crippen LogP contribution in [0, 0.1) is 11.6 Å². The van der Waals surface area contributed by atoms with Crippen molar-refractivity contribution >= 4 is 29.3 Å². The lowest BCUT2D eigenvalue weighted by Gasteiger charge is -2.33. The predicted molar refractivity (Wildman–Crippen MR) is 101 cm³/mol. The van der Waals surface area contributed by atoms with E-state index in [0.717, 1.165) is 24.4 Å². The van der Waals surface area contributed by atoms with Gasteiger partial charge in [-0.2, -0.15) is 0 Å². The summed E-state index contributed by atoms with van der Waals surface area (Å²) >= 11 is 0. The number of fused-ring (bicyclic) bond motifs is 1. The number of hydrogen-bond acceptors (Lipinski definition) is 3. The third kappa shape index (κ3) is 3.82. The molecule has 0 saturated carbocycles. The van der Waals surface area contributed by atoms with Crippen LogP contribution in [0.4, 0.5) is 8.78 Å². The van der Waals surface area contributed by atoms with Gasteiger partial charge in [0.15, 0.2) is 11.6 Å². The second-order valence-electron chi connectivity index (χ2n) is 6.50. The molecule has 0 spiro atoms. The molecule has 1 aromatic heterocycles. The second kappa shape index (κ2) is 8.06. The molecule has 3 aromatic rings. The summed E-state index contributed by atoms with van der Waals surface area (Å²) < 4.78 is 32.3. The quantitative estimate of drug-likeness (QED) is 0.708. The van der Waals surface area contributed by atoms with Gasteiger partial charge in [-0.3, -0.25) is 4.79 Å². The maximum Gasteiger partial charge on any atom is 0.255 e. The van der Waals surface area contributed by atoms with Crippen LogP contribution in [0.15, 0.2) is 53.1 Å². The highest BCUT2D eigenvalue weighted by Crippen LogP contribution is 2.28. The number of halogens is 3. The SMILES string of the molecule is Cl.O=C(NC1CNCCC1c1ccc(F)c(F)c1)c1coc2ccccc12. The van der Waals surface area contributed by atoms with Gasteiger partial charge in [0.2, 0.25) is 0 Å². The average molecular weight is 393 g/mol. The third-order valence-electron chi connectivity index (χ3n) is 4.90. The number of benzene rings is 2. The number of carbonyl (C=O) groups is 1. The van der Waals surface area contributed by atoms with Gasteiger partial charge in [0.05, 0.1) is 5.56 Å². The minimum Gasteiger partial charge on any atom is -0.463 e. The molecule has 4 rings (SSSR count). The summed E-state index contributed by atoms with van der Waals surface area (Å²) in [5.74, 6) is -2.07. The highest BCUT2D eigenvalue weighted by molar-refractivity contribution is 6.06. The van der Waals surface area contributed by atoms with Gasteiger partial charge in [-0.15, -0.1) is 12.4 Å². The van der Waals surface area contributed by atoms with Crippen LogP contribution in [0.25, 0.3) is 11.0 Å². The Kier molecular flexibility index (Phi) is 5.77. The highest BCUT2D eigenvalue weighted by atomic mass is 35.5. The fourth-order valence-electron chi connectivity index (χ4n) is 3.55. The number of para-hydroxylation sites is 1. The lowest BCUT2D eigenvalue weighted by Crippen LogP contribution is -2.50. The van der Waals surface area contributed by atoms with Crippen molar-refractivity contribution in [1.82, 2.24) is 10.6 Å². The molecule has 0 aliphatic carbocycles. The molecule has 1 saturated heterocycles. The Balaban J connectivity index is 0.00000210. The zero-order valence-electron chi connectivity index (χ0n) is 14.4. The first kappa shape index (κ1) is 19.3. The fraction of sp³-hybridized carbons (Fsp3) is 0.250. The summed E-state index contributed by atoms with van der Waals surface area (Å²) in [5.41, 5.74) is 1.81. The Morgan fingerprint density at radius 3 is 2.78 bits per heavy atom. The van der Waals surface area contributed by atoms with Crippen LogP contribution in [0.2, 0.25) is 0 Å². The Hall–Kier alpha value is -2.44. The molecule has 2 unspecified atom stereocenters. The van der Waals surface area contributed by atoms with Gasteiger partial charge in [-0.1, -0.05) is 24.3 Å². The van der Waals surface area contributed by atoms with Gasteiger partial charge < -0.3 is 15.1 Å². The normalized spacial score (nSPS) is 19.5. The molecule has 4 nitrogen and oxygen atoms in total. The molecule has 7 heteroatoms. The number of rotatable bonds is 3. The Morgan fingerprint density at radius 2 is 1.96 bits per heavy atom. The molecule has 2 aromatic carbocycles. The van der Waals surface area contributed by atoms with E-state index in [-0.39, 0.29) is 30.3 Å². The number of amides is 1. The van der Waals surface area contributed by atoms with Crippen molar-refractivity contribution in [1.29, 1.82) is 0 Å². The minimum atomic E-state index is -0.869. The first-order valence-electron chi connectivity index (χ1n) is 8.56. The van der Waals surface area contributed by atoms with E-state index in [4.69, 9.17) is 4.42 Å². The number of furan rings is 1. The lowest BCUT2D eigenvalue weighted by molar-refractivity contribution is 0.0925. The highest BCUT2D eigenvalue weighted by Gasteiger charge is 2.29. The fourth-order valence-corrected chi connectivity index (χ4v) is 3.55. The van der Waals surface area contributed by atoms with Gasteiger partial charge in [-0.25, -0.2) is 8.78 Å². The Morgan fingerprint density at radius 1 is 1.15 bits per heavy atom.